The van der Waals surface area contributed by atoms with Crippen molar-refractivity contribution in [1.29, 1.82) is 0 Å². The summed E-state index contributed by atoms with van der Waals surface area (Å²) >= 11 is 1.44. The molecule has 0 aromatic carbocycles. The van der Waals surface area contributed by atoms with Crippen molar-refractivity contribution in [2.24, 2.45) is 10.7 Å². The van der Waals surface area contributed by atoms with E-state index in [0.717, 1.165) is 5.75 Å². The van der Waals surface area contributed by atoms with Gasteiger partial charge in [0.2, 0.25) is 0 Å². The molecule has 0 spiro atoms. The predicted octanol–water partition coefficient (Wildman–Crippen LogP) is 0.00550. The molecule has 1 heterocycles. The molecule has 4 heteroatoms. The molecule has 0 saturated heterocycles. The van der Waals surface area contributed by atoms with Gasteiger partial charge in [0, 0.05) is 5.75 Å². The van der Waals surface area contributed by atoms with E-state index in [-0.39, 0.29) is 11.8 Å². The van der Waals surface area contributed by atoms with Gasteiger partial charge >= 0.3 is 0 Å². The third-order valence-electron chi connectivity index (χ3n) is 1.14. The first-order valence-electron chi connectivity index (χ1n) is 2.66. The van der Waals surface area contributed by atoms with Crippen LogP contribution in [0.1, 0.15) is 6.92 Å². The lowest BCUT2D eigenvalue weighted by Gasteiger charge is -1.95. The van der Waals surface area contributed by atoms with Gasteiger partial charge in [-0.25, -0.2) is 0 Å². The summed E-state index contributed by atoms with van der Waals surface area (Å²) in [5, 5.41) is 0.537. The highest BCUT2D eigenvalue weighted by Crippen LogP contribution is 2.14. The molecule has 0 aromatic heterocycles. The zero-order chi connectivity index (χ0) is 6.85. The summed E-state index contributed by atoms with van der Waals surface area (Å²) in [6, 6.07) is -0.171. The Labute approximate surface area is 57.7 Å². The Morgan fingerprint density at radius 2 is 2.67 bits per heavy atom. The van der Waals surface area contributed by atoms with Gasteiger partial charge in [0.05, 0.1) is 0 Å². The molecule has 1 aliphatic heterocycles. The first kappa shape index (κ1) is 6.61. The number of carbonyl (C=O) groups excluding carboxylic acids is 1. The summed E-state index contributed by atoms with van der Waals surface area (Å²) in [4.78, 5) is 14.5. The van der Waals surface area contributed by atoms with Crippen molar-refractivity contribution in [3.63, 3.8) is 0 Å². The summed E-state index contributed by atoms with van der Waals surface area (Å²) in [6.07, 6.45) is 0. The van der Waals surface area contributed by atoms with Crippen LogP contribution in [0.3, 0.4) is 0 Å². The number of thioether (sulfide) groups is 1. The smallest absolute Gasteiger partial charge is 0.155 e. The largest absolute Gasteiger partial charge is 0.379 e. The predicted molar refractivity (Wildman–Crippen MR) is 38.5 cm³/mol. The molecule has 0 aromatic rings. The minimum absolute atomic E-state index is 0.1000. The summed E-state index contributed by atoms with van der Waals surface area (Å²) < 4.78 is 0. The van der Waals surface area contributed by atoms with Gasteiger partial charge in [0.1, 0.15) is 6.04 Å². The molecule has 3 nitrogen and oxygen atoms in total. The second-order valence-corrected chi connectivity index (χ2v) is 2.95. The van der Waals surface area contributed by atoms with E-state index in [4.69, 9.17) is 5.73 Å². The Hall–Kier alpha value is -0.510. The average molecular weight is 144 g/mol. The Morgan fingerprint density at radius 3 is 2.89 bits per heavy atom. The van der Waals surface area contributed by atoms with Crippen LogP contribution < -0.4 is 5.73 Å². The van der Waals surface area contributed by atoms with Crippen molar-refractivity contribution in [1.82, 2.24) is 0 Å². The Morgan fingerprint density at radius 1 is 2.00 bits per heavy atom. The maximum atomic E-state index is 10.6. The standard InChI is InChI=1S/C5H8N2OS/c1-3(8)4-2-9-5(6)7-4/h4H,2H2,1H3,(H2,6,7). The molecule has 2 N–H and O–H groups in total. The molecule has 0 aliphatic carbocycles. The van der Waals surface area contributed by atoms with E-state index < -0.39 is 0 Å². The fraction of sp³-hybridized carbons (Fsp3) is 0.600. The molecule has 1 unspecified atom stereocenters. The molecule has 1 atom stereocenters. The Balaban J connectivity index is 2.57. The summed E-state index contributed by atoms with van der Waals surface area (Å²) in [7, 11) is 0. The number of nitrogens with two attached hydrogens (primary N) is 1. The first-order chi connectivity index (χ1) is 4.20. The highest BCUT2D eigenvalue weighted by atomic mass is 32.2. The van der Waals surface area contributed by atoms with Gasteiger partial charge < -0.3 is 5.73 Å². The zero-order valence-electron chi connectivity index (χ0n) is 5.13. The van der Waals surface area contributed by atoms with Crippen molar-refractivity contribution in [3.8, 4) is 0 Å². The van der Waals surface area contributed by atoms with Crippen LogP contribution in [0.25, 0.3) is 0 Å². The van der Waals surface area contributed by atoms with E-state index in [0.29, 0.717) is 5.17 Å². The maximum absolute atomic E-state index is 10.6. The minimum Gasteiger partial charge on any atom is -0.379 e. The molecule has 0 fully saturated rings. The van der Waals surface area contributed by atoms with Crippen molar-refractivity contribution in [2.75, 3.05) is 5.75 Å². The number of Topliss-reactive ketones (excluding diaryl/α,β-unsaturated/α-hetero) is 1. The van der Waals surface area contributed by atoms with E-state index in [2.05, 4.69) is 4.99 Å². The molecule has 1 rings (SSSR count). The third kappa shape index (κ3) is 1.45. The van der Waals surface area contributed by atoms with Gasteiger partial charge in [-0.2, -0.15) is 0 Å². The highest BCUT2D eigenvalue weighted by Gasteiger charge is 2.19. The second kappa shape index (κ2) is 2.39. The number of ketones is 1. The van der Waals surface area contributed by atoms with E-state index in [9.17, 15) is 4.79 Å². The fourth-order valence-corrected chi connectivity index (χ4v) is 1.44. The quantitative estimate of drug-likeness (QED) is 0.564. The van der Waals surface area contributed by atoms with Gasteiger partial charge in [-0.15, -0.1) is 0 Å². The normalized spacial score (nSPS) is 25.9. The molecular weight excluding hydrogens is 136 g/mol. The van der Waals surface area contributed by atoms with Crippen LogP contribution in [0.2, 0.25) is 0 Å². The summed E-state index contributed by atoms with van der Waals surface area (Å²) in [6.45, 7) is 1.54. The number of carbonyl (C=O) groups is 1. The van der Waals surface area contributed by atoms with Crippen LogP contribution >= 0.6 is 11.8 Å². The van der Waals surface area contributed by atoms with Crippen LogP contribution in [-0.2, 0) is 4.79 Å². The zero-order valence-corrected chi connectivity index (χ0v) is 5.94. The number of hydrogen-bond acceptors (Lipinski definition) is 4. The number of rotatable bonds is 1. The Kier molecular flexibility index (Phi) is 1.75. The molecular formula is C5H8N2OS. The van der Waals surface area contributed by atoms with E-state index >= 15 is 0 Å². The maximum Gasteiger partial charge on any atom is 0.155 e. The van der Waals surface area contributed by atoms with Crippen molar-refractivity contribution in [3.05, 3.63) is 0 Å². The molecule has 50 valence electrons. The van der Waals surface area contributed by atoms with Gasteiger partial charge in [0.25, 0.3) is 0 Å². The third-order valence-corrected chi connectivity index (χ3v) is 2.03. The molecule has 0 amide bonds. The van der Waals surface area contributed by atoms with E-state index in [1.165, 1.54) is 18.7 Å². The molecule has 0 saturated carbocycles. The van der Waals surface area contributed by atoms with E-state index in [1.54, 1.807) is 0 Å². The van der Waals surface area contributed by atoms with Gasteiger partial charge in [-0.1, -0.05) is 11.8 Å². The summed E-state index contributed by atoms with van der Waals surface area (Å²) in [5.41, 5.74) is 5.32. The number of aliphatic imine (C=N–C) groups is 1. The molecule has 1 aliphatic rings. The Bertz CT molecular complexity index is 166. The highest BCUT2D eigenvalue weighted by molar-refractivity contribution is 8.14. The van der Waals surface area contributed by atoms with Crippen LogP contribution in [0.4, 0.5) is 0 Å². The van der Waals surface area contributed by atoms with Crippen LogP contribution in [0, 0.1) is 0 Å². The fourth-order valence-electron chi connectivity index (χ4n) is 0.601. The second-order valence-electron chi connectivity index (χ2n) is 1.90. The van der Waals surface area contributed by atoms with Gasteiger partial charge in [-0.3, -0.25) is 9.79 Å². The minimum atomic E-state index is -0.171. The van der Waals surface area contributed by atoms with Crippen molar-refractivity contribution in [2.45, 2.75) is 13.0 Å². The first-order valence-corrected chi connectivity index (χ1v) is 3.65. The monoisotopic (exact) mass is 144 g/mol. The lowest BCUT2D eigenvalue weighted by atomic mass is 10.2. The lowest BCUT2D eigenvalue weighted by Crippen LogP contribution is -2.14. The average Bonchev–Trinajstić information content (AvgIpc) is 2.14. The number of nitrogens with zero attached hydrogens (tertiary/aromatic N) is 1. The van der Waals surface area contributed by atoms with Crippen LogP contribution in [0.5, 0.6) is 0 Å². The summed E-state index contributed by atoms with van der Waals surface area (Å²) in [5.74, 6) is 0.823. The van der Waals surface area contributed by atoms with Gasteiger partial charge in [-0.05, 0) is 6.92 Å². The van der Waals surface area contributed by atoms with Crippen LogP contribution in [-0.4, -0.2) is 22.7 Å². The van der Waals surface area contributed by atoms with Crippen molar-refractivity contribution < 1.29 is 4.79 Å². The lowest BCUT2D eigenvalue weighted by molar-refractivity contribution is -0.117. The SMILES string of the molecule is CC(=O)C1CSC(N)=N1. The number of hydrogen-bond donors (Lipinski definition) is 1. The van der Waals surface area contributed by atoms with Gasteiger partial charge in [0.15, 0.2) is 11.0 Å². The molecule has 0 bridgehead atoms. The number of amidine groups is 1. The van der Waals surface area contributed by atoms with E-state index in [1.807, 2.05) is 0 Å². The van der Waals surface area contributed by atoms with Crippen LogP contribution in [0.15, 0.2) is 4.99 Å². The topological polar surface area (TPSA) is 55.5 Å². The molecule has 0 radical (unpaired) electrons. The van der Waals surface area contributed by atoms with Crippen molar-refractivity contribution >= 4 is 22.7 Å². The molecule has 9 heavy (non-hydrogen) atoms.